The molecule has 0 atom stereocenters. The van der Waals surface area contributed by atoms with Crippen LogP contribution in [-0.2, 0) is 0 Å². The van der Waals surface area contributed by atoms with E-state index in [9.17, 15) is 4.79 Å². The molecule has 20 heavy (non-hydrogen) atoms. The number of nitrogens with one attached hydrogen (secondary N) is 1. The summed E-state index contributed by atoms with van der Waals surface area (Å²) >= 11 is 5.70. The van der Waals surface area contributed by atoms with Crippen molar-refractivity contribution in [2.24, 2.45) is 0 Å². The van der Waals surface area contributed by atoms with Crippen LogP contribution in [0.25, 0.3) is 0 Å². The van der Waals surface area contributed by atoms with Gasteiger partial charge in [-0.15, -0.1) is 0 Å². The highest BCUT2D eigenvalue weighted by atomic mass is 35.5. The number of carbonyl (C=O) groups excluding carboxylic acids is 1. The highest BCUT2D eigenvalue weighted by molar-refractivity contribution is 6.29. The highest BCUT2D eigenvalue weighted by Crippen LogP contribution is 2.29. The molecule has 104 valence electrons. The Hall–Kier alpha value is -2.34. The van der Waals surface area contributed by atoms with Crippen LogP contribution < -0.4 is 14.8 Å². The third kappa shape index (κ3) is 3.16. The van der Waals surface area contributed by atoms with Crippen LogP contribution in [0.2, 0.25) is 5.15 Å². The molecule has 0 unspecified atom stereocenters. The van der Waals surface area contributed by atoms with Crippen molar-refractivity contribution >= 4 is 23.2 Å². The summed E-state index contributed by atoms with van der Waals surface area (Å²) in [6, 6.07) is 5.07. The van der Waals surface area contributed by atoms with E-state index in [2.05, 4.69) is 15.3 Å². The van der Waals surface area contributed by atoms with Gasteiger partial charge in [0.25, 0.3) is 5.91 Å². The maximum absolute atomic E-state index is 12.1. The molecule has 0 aliphatic rings. The molecule has 7 heteroatoms. The standard InChI is InChI=1S/C13H12ClN3O3/c1-19-8-3-4-11(20-2)9(5-8)17-13(18)10-6-15-7-12(14)16-10/h3-7H,1-2H3,(H,17,18). The van der Waals surface area contributed by atoms with E-state index in [0.717, 1.165) is 0 Å². The number of carbonyl (C=O) groups is 1. The molecule has 0 spiro atoms. The van der Waals surface area contributed by atoms with Gasteiger partial charge in [-0.25, -0.2) is 4.98 Å². The lowest BCUT2D eigenvalue weighted by molar-refractivity contribution is 0.102. The topological polar surface area (TPSA) is 73.3 Å². The minimum Gasteiger partial charge on any atom is -0.497 e. The Kier molecular flexibility index (Phi) is 4.37. The van der Waals surface area contributed by atoms with Gasteiger partial charge in [-0.1, -0.05) is 11.6 Å². The number of amides is 1. The molecule has 1 heterocycles. The van der Waals surface area contributed by atoms with Gasteiger partial charge < -0.3 is 14.8 Å². The van der Waals surface area contributed by atoms with Gasteiger partial charge in [0.15, 0.2) is 0 Å². The van der Waals surface area contributed by atoms with E-state index in [-0.39, 0.29) is 10.8 Å². The number of hydrogen-bond acceptors (Lipinski definition) is 5. The second-order valence-corrected chi connectivity index (χ2v) is 4.13. The van der Waals surface area contributed by atoms with E-state index in [1.165, 1.54) is 26.6 Å². The van der Waals surface area contributed by atoms with E-state index < -0.39 is 5.91 Å². The Labute approximate surface area is 120 Å². The van der Waals surface area contributed by atoms with Crippen LogP contribution in [0, 0.1) is 0 Å². The number of methoxy groups -OCH3 is 2. The van der Waals surface area contributed by atoms with Crippen LogP contribution in [-0.4, -0.2) is 30.1 Å². The van der Waals surface area contributed by atoms with Crippen LogP contribution in [0.1, 0.15) is 10.5 Å². The minimum absolute atomic E-state index is 0.113. The molecule has 0 radical (unpaired) electrons. The van der Waals surface area contributed by atoms with Gasteiger partial charge in [-0.2, -0.15) is 0 Å². The second kappa shape index (κ2) is 6.21. The SMILES string of the molecule is COc1ccc(OC)c(NC(=O)c2cncc(Cl)n2)c1. The first-order chi connectivity index (χ1) is 9.63. The molecule has 1 N–H and O–H groups in total. The smallest absolute Gasteiger partial charge is 0.276 e. The summed E-state index contributed by atoms with van der Waals surface area (Å²) in [5.74, 6) is 0.666. The molecule has 1 aromatic heterocycles. The van der Waals surface area contributed by atoms with Crippen LogP contribution >= 0.6 is 11.6 Å². The van der Waals surface area contributed by atoms with Crippen molar-refractivity contribution in [3.05, 3.63) is 41.4 Å². The predicted molar refractivity (Wildman–Crippen MR) is 74.5 cm³/mol. The van der Waals surface area contributed by atoms with E-state index in [1.54, 1.807) is 18.2 Å². The highest BCUT2D eigenvalue weighted by Gasteiger charge is 2.12. The normalized spacial score (nSPS) is 9.95. The fourth-order valence-electron chi connectivity index (χ4n) is 1.55. The zero-order valence-electron chi connectivity index (χ0n) is 10.9. The lowest BCUT2D eigenvalue weighted by atomic mass is 10.2. The van der Waals surface area contributed by atoms with Crippen molar-refractivity contribution in [2.75, 3.05) is 19.5 Å². The maximum Gasteiger partial charge on any atom is 0.276 e. The molecule has 1 aromatic carbocycles. The molecule has 0 bridgehead atoms. The Morgan fingerprint density at radius 1 is 1.25 bits per heavy atom. The molecule has 2 aromatic rings. The number of hydrogen-bond donors (Lipinski definition) is 1. The van der Waals surface area contributed by atoms with Gasteiger partial charge in [0.1, 0.15) is 22.3 Å². The van der Waals surface area contributed by atoms with E-state index >= 15 is 0 Å². The molecule has 6 nitrogen and oxygen atoms in total. The average Bonchev–Trinajstić information content (AvgIpc) is 2.47. The quantitative estimate of drug-likeness (QED) is 0.937. The van der Waals surface area contributed by atoms with Crippen molar-refractivity contribution in [1.29, 1.82) is 0 Å². The predicted octanol–water partition coefficient (Wildman–Crippen LogP) is 2.40. The van der Waals surface area contributed by atoms with Crippen LogP contribution in [0.3, 0.4) is 0 Å². The summed E-state index contributed by atoms with van der Waals surface area (Å²) in [6.45, 7) is 0. The maximum atomic E-state index is 12.1. The monoisotopic (exact) mass is 293 g/mol. The van der Waals surface area contributed by atoms with E-state index in [4.69, 9.17) is 21.1 Å². The third-order valence-electron chi connectivity index (χ3n) is 2.49. The van der Waals surface area contributed by atoms with Crippen molar-refractivity contribution in [3.63, 3.8) is 0 Å². The summed E-state index contributed by atoms with van der Waals surface area (Å²) in [5, 5.41) is 2.82. The molecule has 0 aliphatic carbocycles. The molecular weight excluding hydrogens is 282 g/mol. The van der Waals surface area contributed by atoms with Gasteiger partial charge in [-0.05, 0) is 12.1 Å². The largest absolute Gasteiger partial charge is 0.497 e. The second-order valence-electron chi connectivity index (χ2n) is 3.75. The molecule has 2 rings (SSSR count). The summed E-state index contributed by atoms with van der Waals surface area (Å²) in [5.41, 5.74) is 0.584. The summed E-state index contributed by atoms with van der Waals surface area (Å²) in [7, 11) is 3.05. The van der Waals surface area contributed by atoms with E-state index in [1.807, 2.05) is 0 Å². The first kappa shape index (κ1) is 14.1. The summed E-state index contributed by atoms with van der Waals surface area (Å²) in [4.78, 5) is 19.8. The van der Waals surface area contributed by atoms with Crippen LogP contribution in [0.5, 0.6) is 11.5 Å². The Bertz CT molecular complexity index is 634. The number of rotatable bonds is 4. The van der Waals surface area contributed by atoms with Crippen molar-refractivity contribution in [3.8, 4) is 11.5 Å². The Balaban J connectivity index is 2.27. The molecule has 1 amide bonds. The first-order valence-corrected chi connectivity index (χ1v) is 6.02. The Morgan fingerprint density at radius 3 is 2.70 bits per heavy atom. The molecule has 0 aliphatic heterocycles. The lowest BCUT2D eigenvalue weighted by Crippen LogP contribution is -2.14. The van der Waals surface area contributed by atoms with Gasteiger partial charge in [0, 0.05) is 6.07 Å². The number of halogens is 1. The summed E-state index contributed by atoms with van der Waals surface area (Å²) < 4.78 is 10.3. The molecule has 0 saturated carbocycles. The summed E-state index contributed by atoms with van der Waals surface area (Å²) in [6.07, 6.45) is 2.68. The van der Waals surface area contributed by atoms with Crippen molar-refractivity contribution in [1.82, 2.24) is 9.97 Å². The molecule has 0 fully saturated rings. The number of nitrogens with zero attached hydrogens (tertiary/aromatic N) is 2. The molecule has 0 saturated heterocycles. The van der Waals surface area contributed by atoms with Gasteiger partial charge in [0.2, 0.25) is 0 Å². The van der Waals surface area contributed by atoms with Gasteiger partial charge in [-0.3, -0.25) is 9.78 Å². The van der Waals surface area contributed by atoms with Gasteiger partial charge >= 0.3 is 0 Å². The lowest BCUT2D eigenvalue weighted by Gasteiger charge is -2.11. The van der Waals surface area contributed by atoms with Crippen LogP contribution in [0.15, 0.2) is 30.6 Å². The van der Waals surface area contributed by atoms with Crippen molar-refractivity contribution in [2.45, 2.75) is 0 Å². The Morgan fingerprint density at radius 2 is 2.05 bits per heavy atom. The zero-order valence-corrected chi connectivity index (χ0v) is 11.6. The third-order valence-corrected chi connectivity index (χ3v) is 2.67. The fourth-order valence-corrected chi connectivity index (χ4v) is 1.70. The number of aromatic nitrogens is 2. The van der Waals surface area contributed by atoms with Gasteiger partial charge in [0.05, 0.1) is 32.3 Å². The number of anilines is 1. The van der Waals surface area contributed by atoms with E-state index in [0.29, 0.717) is 17.2 Å². The zero-order chi connectivity index (χ0) is 14.5. The number of ether oxygens (including phenoxy) is 2. The fraction of sp³-hybridized carbons (Fsp3) is 0.154. The van der Waals surface area contributed by atoms with Crippen molar-refractivity contribution < 1.29 is 14.3 Å². The minimum atomic E-state index is -0.438. The number of benzene rings is 1. The van der Waals surface area contributed by atoms with Crippen LogP contribution in [0.4, 0.5) is 5.69 Å². The average molecular weight is 294 g/mol. The first-order valence-electron chi connectivity index (χ1n) is 5.65. The molecular formula is C13H12ClN3O3.